The number of halogens is 2. The molecule has 6 heteroatoms. The molecule has 134 valence electrons. The Balaban J connectivity index is 1.46. The second-order valence-corrected chi connectivity index (χ2v) is 7.58. The minimum absolute atomic E-state index is 0.0603. The third-order valence-electron chi connectivity index (χ3n) is 4.14. The van der Waals surface area contributed by atoms with Crippen LogP contribution in [-0.2, 0) is 11.3 Å². The van der Waals surface area contributed by atoms with Crippen molar-refractivity contribution in [1.29, 1.82) is 0 Å². The van der Waals surface area contributed by atoms with E-state index in [4.69, 9.17) is 16.3 Å². The molecule has 2 aromatic rings. The number of hydrogen-bond acceptors (Lipinski definition) is 4. The first-order valence-corrected chi connectivity index (χ1v) is 9.64. The van der Waals surface area contributed by atoms with Crippen molar-refractivity contribution in [3.05, 3.63) is 64.4 Å². The van der Waals surface area contributed by atoms with Crippen LogP contribution in [0.1, 0.15) is 23.6 Å². The van der Waals surface area contributed by atoms with Crippen LogP contribution >= 0.6 is 23.4 Å². The number of aliphatic hydroxyl groups is 1. The van der Waals surface area contributed by atoms with Gasteiger partial charge in [0.1, 0.15) is 5.82 Å². The summed E-state index contributed by atoms with van der Waals surface area (Å²) in [5.74, 6) is 0.756. The van der Waals surface area contributed by atoms with E-state index in [-0.39, 0.29) is 18.5 Å². The summed E-state index contributed by atoms with van der Waals surface area (Å²) < 4.78 is 19.1. The first kappa shape index (κ1) is 18.7. The standard InChI is InChI=1S/C19H21ClFNO2S/c20-17-4-2-1-3-13(17)11-24-12-15(23)10-22-18-7-8-25-19-6-5-14(21)9-16(18)19/h1-6,9,15,18,22-23H,7-8,10-12H2/t15-,18-/m0/s1. The SMILES string of the molecule is O[C@@H](CN[C@H]1CCSc2ccc(F)cc21)COCc1ccccc1Cl. The summed E-state index contributed by atoms with van der Waals surface area (Å²) in [7, 11) is 0. The average Bonchev–Trinajstić information content (AvgIpc) is 2.61. The molecule has 0 aliphatic carbocycles. The smallest absolute Gasteiger partial charge is 0.123 e. The van der Waals surface area contributed by atoms with Crippen LogP contribution in [0.15, 0.2) is 47.4 Å². The van der Waals surface area contributed by atoms with Crippen LogP contribution in [-0.4, -0.2) is 30.1 Å². The Labute approximate surface area is 156 Å². The maximum Gasteiger partial charge on any atom is 0.123 e. The third-order valence-corrected chi connectivity index (χ3v) is 5.63. The zero-order chi connectivity index (χ0) is 17.6. The molecule has 1 heterocycles. The molecule has 2 atom stereocenters. The number of fused-ring (bicyclic) bond motifs is 1. The Morgan fingerprint density at radius 1 is 1.32 bits per heavy atom. The van der Waals surface area contributed by atoms with Gasteiger partial charge in [0.25, 0.3) is 0 Å². The Morgan fingerprint density at radius 2 is 2.16 bits per heavy atom. The molecule has 1 aliphatic rings. The first-order valence-electron chi connectivity index (χ1n) is 8.28. The molecule has 0 saturated heterocycles. The van der Waals surface area contributed by atoms with Gasteiger partial charge in [-0.3, -0.25) is 0 Å². The Kier molecular flexibility index (Phi) is 6.73. The van der Waals surface area contributed by atoms with Gasteiger partial charge in [-0.1, -0.05) is 29.8 Å². The van der Waals surface area contributed by atoms with Crippen LogP contribution in [0.2, 0.25) is 5.02 Å². The lowest BCUT2D eigenvalue weighted by atomic mass is 10.0. The van der Waals surface area contributed by atoms with E-state index in [1.54, 1.807) is 17.8 Å². The van der Waals surface area contributed by atoms with Crippen molar-refractivity contribution in [2.75, 3.05) is 18.9 Å². The van der Waals surface area contributed by atoms with Crippen LogP contribution < -0.4 is 5.32 Å². The molecule has 0 fully saturated rings. The van der Waals surface area contributed by atoms with E-state index < -0.39 is 6.10 Å². The number of aliphatic hydroxyl groups excluding tert-OH is 1. The molecule has 0 amide bonds. The van der Waals surface area contributed by atoms with Crippen molar-refractivity contribution in [3.63, 3.8) is 0 Å². The van der Waals surface area contributed by atoms with E-state index in [0.29, 0.717) is 18.2 Å². The highest BCUT2D eigenvalue weighted by molar-refractivity contribution is 7.99. The fraction of sp³-hybridized carbons (Fsp3) is 0.368. The molecular weight excluding hydrogens is 361 g/mol. The predicted molar refractivity (Wildman–Crippen MR) is 99.6 cm³/mol. The Bertz CT molecular complexity index is 716. The summed E-state index contributed by atoms with van der Waals surface area (Å²) in [5.41, 5.74) is 1.87. The summed E-state index contributed by atoms with van der Waals surface area (Å²) in [5, 5.41) is 14.1. The molecular formula is C19H21ClFNO2S. The maximum atomic E-state index is 13.5. The topological polar surface area (TPSA) is 41.5 Å². The fourth-order valence-corrected chi connectivity index (χ4v) is 4.13. The Morgan fingerprint density at radius 3 is 3.00 bits per heavy atom. The van der Waals surface area contributed by atoms with Crippen molar-refractivity contribution < 1.29 is 14.2 Å². The molecule has 1 aliphatic heterocycles. The van der Waals surface area contributed by atoms with Crippen molar-refractivity contribution in [2.45, 2.75) is 30.1 Å². The molecule has 3 rings (SSSR count). The van der Waals surface area contributed by atoms with Crippen LogP contribution in [0.4, 0.5) is 4.39 Å². The predicted octanol–water partition coefficient (Wildman–Crippen LogP) is 4.18. The zero-order valence-electron chi connectivity index (χ0n) is 13.8. The van der Waals surface area contributed by atoms with E-state index in [0.717, 1.165) is 28.2 Å². The van der Waals surface area contributed by atoms with Gasteiger partial charge in [0.05, 0.1) is 19.3 Å². The van der Waals surface area contributed by atoms with E-state index in [2.05, 4.69) is 5.32 Å². The minimum atomic E-state index is -0.630. The normalized spacial score (nSPS) is 18.0. The molecule has 25 heavy (non-hydrogen) atoms. The third kappa shape index (κ3) is 5.19. The molecule has 0 spiro atoms. The van der Waals surface area contributed by atoms with Crippen molar-refractivity contribution in [2.24, 2.45) is 0 Å². The molecule has 0 aromatic heterocycles. The number of thioether (sulfide) groups is 1. The summed E-state index contributed by atoms with van der Waals surface area (Å²) in [4.78, 5) is 1.11. The van der Waals surface area contributed by atoms with Gasteiger partial charge in [0.15, 0.2) is 0 Å². The van der Waals surface area contributed by atoms with E-state index in [1.807, 2.05) is 30.3 Å². The van der Waals surface area contributed by atoms with E-state index in [1.165, 1.54) is 6.07 Å². The highest BCUT2D eigenvalue weighted by Gasteiger charge is 2.21. The molecule has 0 saturated carbocycles. The second kappa shape index (κ2) is 9.01. The summed E-state index contributed by atoms with van der Waals surface area (Å²) in [6.45, 7) is 0.981. The van der Waals surface area contributed by atoms with E-state index in [9.17, 15) is 9.50 Å². The summed E-state index contributed by atoms with van der Waals surface area (Å²) in [6.07, 6.45) is 0.281. The number of hydrogen-bond donors (Lipinski definition) is 2. The van der Waals surface area contributed by atoms with Gasteiger partial charge >= 0.3 is 0 Å². The second-order valence-electron chi connectivity index (χ2n) is 6.04. The minimum Gasteiger partial charge on any atom is -0.389 e. The highest BCUT2D eigenvalue weighted by atomic mass is 35.5. The molecule has 0 unspecified atom stereocenters. The van der Waals surface area contributed by atoms with Crippen molar-refractivity contribution in [1.82, 2.24) is 5.32 Å². The first-order chi connectivity index (χ1) is 12.1. The Hall–Kier alpha value is -1.11. The number of benzene rings is 2. The summed E-state index contributed by atoms with van der Waals surface area (Å²) >= 11 is 7.82. The lowest BCUT2D eigenvalue weighted by Gasteiger charge is -2.27. The van der Waals surface area contributed by atoms with Gasteiger partial charge in [-0.2, -0.15) is 0 Å². The van der Waals surface area contributed by atoms with Crippen LogP contribution in [0, 0.1) is 5.82 Å². The van der Waals surface area contributed by atoms with Gasteiger partial charge in [-0.15, -0.1) is 11.8 Å². The molecule has 2 N–H and O–H groups in total. The number of rotatable bonds is 7. The maximum absolute atomic E-state index is 13.5. The van der Waals surface area contributed by atoms with Crippen molar-refractivity contribution >= 4 is 23.4 Å². The van der Waals surface area contributed by atoms with Crippen LogP contribution in [0.5, 0.6) is 0 Å². The number of ether oxygens (including phenoxy) is 1. The fourth-order valence-electron chi connectivity index (χ4n) is 2.83. The van der Waals surface area contributed by atoms with Gasteiger partial charge in [0, 0.05) is 22.5 Å². The monoisotopic (exact) mass is 381 g/mol. The van der Waals surface area contributed by atoms with Gasteiger partial charge in [0.2, 0.25) is 0 Å². The van der Waals surface area contributed by atoms with E-state index >= 15 is 0 Å². The molecule has 3 nitrogen and oxygen atoms in total. The van der Waals surface area contributed by atoms with Crippen LogP contribution in [0.3, 0.4) is 0 Å². The lowest BCUT2D eigenvalue weighted by Crippen LogP contribution is -2.34. The largest absolute Gasteiger partial charge is 0.389 e. The molecule has 0 radical (unpaired) electrons. The number of nitrogens with one attached hydrogen (secondary N) is 1. The lowest BCUT2D eigenvalue weighted by molar-refractivity contribution is 0.0275. The van der Waals surface area contributed by atoms with Gasteiger partial charge < -0.3 is 15.2 Å². The van der Waals surface area contributed by atoms with Gasteiger partial charge in [-0.25, -0.2) is 4.39 Å². The van der Waals surface area contributed by atoms with Crippen LogP contribution in [0.25, 0.3) is 0 Å². The quantitative estimate of drug-likeness (QED) is 0.754. The highest BCUT2D eigenvalue weighted by Crippen LogP contribution is 2.36. The zero-order valence-corrected chi connectivity index (χ0v) is 15.3. The average molecular weight is 382 g/mol. The molecule has 0 bridgehead atoms. The van der Waals surface area contributed by atoms with Gasteiger partial charge in [-0.05, 0) is 47.6 Å². The van der Waals surface area contributed by atoms with Crippen molar-refractivity contribution in [3.8, 4) is 0 Å². The summed E-state index contributed by atoms with van der Waals surface area (Å²) in [6, 6.07) is 12.4. The molecule has 2 aromatic carbocycles.